The number of aliphatic hydroxyl groups excluding tert-OH is 1. The van der Waals surface area contributed by atoms with Crippen LogP contribution in [0.5, 0.6) is 0 Å². The zero-order chi connectivity index (χ0) is 16.0. The molecule has 114 valence electrons. The number of halogens is 1. The van der Waals surface area contributed by atoms with Crippen LogP contribution in [-0.2, 0) is 14.8 Å². The van der Waals surface area contributed by atoms with E-state index in [0.717, 1.165) is 18.2 Å². The quantitative estimate of drug-likeness (QED) is 0.658. The van der Waals surface area contributed by atoms with Crippen LogP contribution in [0.15, 0.2) is 23.1 Å². The number of hydrogen-bond donors (Lipinski definition) is 3. The lowest BCUT2D eigenvalue weighted by Crippen LogP contribution is -2.43. The number of carbonyl (C=O) groups is 1. The molecule has 0 aromatic heterocycles. The van der Waals surface area contributed by atoms with Crippen molar-refractivity contribution in [3.05, 3.63) is 29.6 Å². The van der Waals surface area contributed by atoms with E-state index < -0.39 is 34.4 Å². The molecule has 0 aliphatic carbocycles. The molecule has 1 atom stereocenters. The molecule has 0 saturated carbocycles. The summed E-state index contributed by atoms with van der Waals surface area (Å²) < 4.78 is 39.8. The molecule has 0 saturated heterocycles. The second kappa shape index (κ2) is 7.17. The minimum absolute atomic E-state index is 0.0966. The van der Waals surface area contributed by atoms with E-state index in [0.29, 0.717) is 0 Å². The maximum Gasteiger partial charge on any atom is 0.242 e. The van der Waals surface area contributed by atoms with Gasteiger partial charge in [-0.05, 0) is 25.1 Å². The molecule has 0 fully saturated rings. The first-order chi connectivity index (χ1) is 9.81. The van der Waals surface area contributed by atoms with Crippen LogP contribution >= 0.6 is 0 Å². The zero-order valence-electron chi connectivity index (χ0n) is 11.5. The van der Waals surface area contributed by atoms with Gasteiger partial charge in [0, 0.05) is 12.6 Å². The van der Waals surface area contributed by atoms with E-state index in [4.69, 9.17) is 5.11 Å². The van der Waals surface area contributed by atoms with Crippen molar-refractivity contribution in [2.24, 2.45) is 0 Å². The number of aliphatic hydroxyl groups is 1. The molecule has 21 heavy (non-hydrogen) atoms. The number of rotatable bonds is 4. The Morgan fingerprint density at radius 2 is 2.14 bits per heavy atom. The molecule has 6 nitrogen and oxygen atoms in total. The van der Waals surface area contributed by atoms with Gasteiger partial charge < -0.3 is 10.4 Å². The Labute approximate surface area is 122 Å². The molecule has 0 bridgehead atoms. The molecule has 3 N–H and O–H groups in total. The van der Waals surface area contributed by atoms with E-state index in [1.807, 2.05) is 0 Å². The maximum atomic E-state index is 13.2. The summed E-state index contributed by atoms with van der Waals surface area (Å²) >= 11 is 0. The third-order valence-electron chi connectivity index (χ3n) is 2.50. The number of sulfonamides is 1. The van der Waals surface area contributed by atoms with Crippen molar-refractivity contribution in [1.82, 2.24) is 10.0 Å². The molecule has 1 aromatic rings. The van der Waals surface area contributed by atoms with Crippen LogP contribution in [0.2, 0.25) is 0 Å². The van der Waals surface area contributed by atoms with Crippen molar-refractivity contribution in [1.29, 1.82) is 0 Å². The van der Waals surface area contributed by atoms with Crippen molar-refractivity contribution < 1.29 is 22.7 Å². The monoisotopic (exact) mass is 314 g/mol. The van der Waals surface area contributed by atoms with Gasteiger partial charge in [-0.3, -0.25) is 4.79 Å². The van der Waals surface area contributed by atoms with Gasteiger partial charge in [0.05, 0.1) is 10.9 Å². The third kappa shape index (κ3) is 4.53. The van der Waals surface area contributed by atoms with Crippen LogP contribution < -0.4 is 10.0 Å². The van der Waals surface area contributed by atoms with Gasteiger partial charge in [-0.25, -0.2) is 12.8 Å². The van der Waals surface area contributed by atoms with Crippen LogP contribution in [0.25, 0.3) is 0 Å². The van der Waals surface area contributed by atoms with E-state index in [1.165, 1.54) is 14.0 Å². The zero-order valence-corrected chi connectivity index (χ0v) is 12.3. The van der Waals surface area contributed by atoms with Crippen LogP contribution in [0.3, 0.4) is 0 Å². The van der Waals surface area contributed by atoms with Gasteiger partial charge in [0.1, 0.15) is 12.4 Å². The predicted octanol–water partition coefficient (Wildman–Crippen LogP) is -0.418. The summed E-state index contributed by atoms with van der Waals surface area (Å²) in [6, 6.07) is 1.98. The van der Waals surface area contributed by atoms with Crippen molar-refractivity contribution in [3.63, 3.8) is 0 Å². The van der Waals surface area contributed by atoms with E-state index in [-0.39, 0.29) is 10.5 Å². The standard InChI is InChI=1S/C13H15FN2O4S/c1-9(13(18)15-2)16-21(19,20)12-6-5-11(14)8-10(12)4-3-7-17/h5-6,8-9,16-17H,7H2,1-2H3,(H,15,18). The molecular formula is C13H15FN2O4S. The van der Waals surface area contributed by atoms with Gasteiger partial charge in [-0.2, -0.15) is 4.72 Å². The second-order valence-corrected chi connectivity index (χ2v) is 5.74. The molecule has 1 rings (SSSR count). The Bertz CT molecular complexity index is 692. The van der Waals surface area contributed by atoms with Gasteiger partial charge in [-0.15, -0.1) is 0 Å². The van der Waals surface area contributed by atoms with E-state index in [2.05, 4.69) is 21.9 Å². The first kappa shape index (κ1) is 17.1. The highest BCUT2D eigenvalue weighted by Crippen LogP contribution is 2.16. The van der Waals surface area contributed by atoms with Gasteiger partial charge in [0.2, 0.25) is 15.9 Å². The van der Waals surface area contributed by atoms with E-state index in [1.54, 1.807) is 0 Å². The van der Waals surface area contributed by atoms with Crippen molar-refractivity contribution in [2.75, 3.05) is 13.7 Å². The van der Waals surface area contributed by atoms with Crippen molar-refractivity contribution in [3.8, 4) is 11.8 Å². The molecule has 1 unspecified atom stereocenters. The van der Waals surface area contributed by atoms with E-state index >= 15 is 0 Å². The topological polar surface area (TPSA) is 95.5 Å². The molecular weight excluding hydrogens is 299 g/mol. The number of benzene rings is 1. The highest BCUT2D eigenvalue weighted by molar-refractivity contribution is 7.89. The number of hydrogen-bond acceptors (Lipinski definition) is 4. The molecule has 8 heteroatoms. The first-order valence-corrected chi connectivity index (χ1v) is 7.43. The number of amides is 1. The third-order valence-corrected chi connectivity index (χ3v) is 4.10. The Morgan fingerprint density at radius 1 is 1.48 bits per heavy atom. The summed E-state index contributed by atoms with van der Waals surface area (Å²) in [7, 11) is -2.68. The number of likely N-dealkylation sites (N-methyl/N-ethyl adjacent to an activating group) is 1. The fraction of sp³-hybridized carbons (Fsp3) is 0.308. The van der Waals surface area contributed by atoms with Gasteiger partial charge >= 0.3 is 0 Å². The molecule has 1 amide bonds. The van der Waals surface area contributed by atoms with Crippen molar-refractivity contribution >= 4 is 15.9 Å². The lowest BCUT2D eigenvalue weighted by molar-refractivity contribution is -0.121. The first-order valence-electron chi connectivity index (χ1n) is 5.95. The highest BCUT2D eigenvalue weighted by Gasteiger charge is 2.23. The van der Waals surface area contributed by atoms with Crippen LogP contribution in [0, 0.1) is 17.7 Å². The number of nitrogens with one attached hydrogen (secondary N) is 2. The highest BCUT2D eigenvalue weighted by atomic mass is 32.2. The molecule has 0 radical (unpaired) electrons. The summed E-state index contributed by atoms with van der Waals surface area (Å²) in [6.07, 6.45) is 0. The smallest absolute Gasteiger partial charge is 0.242 e. The van der Waals surface area contributed by atoms with Crippen LogP contribution in [0.4, 0.5) is 4.39 Å². The van der Waals surface area contributed by atoms with Gasteiger partial charge in [0.25, 0.3) is 0 Å². The molecule has 0 aliphatic rings. The minimum Gasteiger partial charge on any atom is -0.384 e. The predicted molar refractivity (Wildman–Crippen MR) is 74.2 cm³/mol. The maximum absolute atomic E-state index is 13.2. The van der Waals surface area contributed by atoms with Crippen LogP contribution in [0.1, 0.15) is 12.5 Å². The lowest BCUT2D eigenvalue weighted by atomic mass is 10.2. The van der Waals surface area contributed by atoms with Crippen molar-refractivity contribution in [2.45, 2.75) is 17.9 Å². The average Bonchev–Trinajstić information content (AvgIpc) is 2.43. The lowest BCUT2D eigenvalue weighted by Gasteiger charge is -2.13. The summed E-state index contributed by atoms with van der Waals surface area (Å²) in [5.41, 5.74) is -0.0966. The Balaban J connectivity index is 3.22. The Kier molecular flexibility index (Phi) is 5.84. The van der Waals surface area contributed by atoms with Gasteiger partial charge in [-0.1, -0.05) is 11.8 Å². The minimum atomic E-state index is -4.05. The summed E-state index contributed by atoms with van der Waals surface area (Å²) in [6.45, 7) is 0.886. The number of carbonyl (C=O) groups excluding carboxylic acids is 1. The second-order valence-electron chi connectivity index (χ2n) is 4.06. The Hall–Kier alpha value is -1.95. The average molecular weight is 314 g/mol. The normalized spacial score (nSPS) is 12.2. The fourth-order valence-corrected chi connectivity index (χ4v) is 2.88. The SMILES string of the molecule is CNC(=O)C(C)NS(=O)(=O)c1ccc(F)cc1C#CCO. The summed E-state index contributed by atoms with van der Waals surface area (Å²) in [4.78, 5) is 11.1. The fourth-order valence-electron chi connectivity index (χ4n) is 1.54. The summed E-state index contributed by atoms with van der Waals surface area (Å²) in [5.74, 6) is 3.46. The van der Waals surface area contributed by atoms with Crippen LogP contribution in [-0.4, -0.2) is 39.1 Å². The van der Waals surface area contributed by atoms with E-state index in [9.17, 15) is 17.6 Å². The Morgan fingerprint density at radius 3 is 2.71 bits per heavy atom. The largest absolute Gasteiger partial charge is 0.384 e. The summed E-state index contributed by atoms with van der Waals surface area (Å²) in [5, 5.41) is 11.0. The molecule has 0 heterocycles. The molecule has 0 aliphatic heterocycles. The van der Waals surface area contributed by atoms with Gasteiger partial charge in [0.15, 0.2) is 0 Å². The molecule has 0 spiro atoms. The molecule has 1 aromatic carbocycles.